The van der Waals surface area contributed by atoms with E-state index in [1.165, 1.54) is 25.7 Å². The molecule has 1 aliphatic carbocycles. The molecule has 1 N–H and O–H groups in total. The van der Waals surface area contributed by atoms with Crippen molar-refractivity contribution in [2.24, 2.45) is 5.92 Å². The number of carbonyl (C=O) groups is 1. The lowest BCUT2D eigenvalue weighted by atomic mass is 10.1. The lowest BCUT2D eigenvalue weighted by Crippen LogP contribution is -2.41. The lowest BCUT2D eigenvalue weighted by Gasteiger charge is -2.26. The molecule has 4 rings (SSSR count). The van der Waals surface area contributed by atoms with Gasteiger partial charge in [-0.2, -0.15) is 0 Å². The number of hydrogen-bond acceptors (Lipinski definition) is 4. The molecule has 2 fully saturated rings. The molecule has 1 amide bonds. The molecule has 142 valence electrons. The van der Waals surface area contributed by atoms with E-state index in [1.54, 1.807) is 12.4 Å². The van der Waals surface area contributed by atoms with Gasteiger partial charge in [-0.25, -0.2) is 0 Å². The molecule has 0 spiro atoms. The number of nitrogens with one attached hydrogen (secondary N) is 1. The van der Waals surface area contributed by atoms with Gasteiger partial charge in [0, 0.05) is 12.7 Å². The van der Waals surface area contributed by atoms with Crippen molar-refractivity contribution in [1.82, 2.24) is 9.88 Å². The van der Waals surface area contributed by atoms with Crippen LogP contribution in [0.1, 0.15) is 38.5 Å². The van der Waals surface area contributed by atoms with Crippen molar-refractivity contribution in [2.75, 3.05) is 18.4 Å². The summed E-state index contributed by atoms with van der Waals surface area (Å²) >= 11 is 0. The van der Waals surface area contributed by atoms with Gasteiger partial charge in [-0.3, -0.25) is 14.7 Å². The normalized spacial score (nSPS) is 20.7. The molecular weight excluding hydrogens is 338 g/mol. The highest BCUT2D eigenvalue weighted by Gasteiger charge is 2.33. The maximum absolute atomic E-state index is 13.0. The Labute approximate surface area is 160 Å². The predicted octanol–water partition coefficient (Wildman–Crippen LogP) is 4.47. The van der Waals surface area contributed by atoms with Gasteiger partial charge in [-0.15, -0.1) is 0 Å². The Bertz CT molecular complexity index is 759. The Hall–Kier alpha value is -2.40. The quantitative estimate of drug-likeness (QED) is 0.821. The molecule has 2 aliphatic rings. The van der Waals surface area contributed by atoms with Crippen molar-refractivity contribution in [1.29, 1.82) is 0 Å². The SMILES string of the molecule is O=C(Nc1ccccc1Oc1cccnc1)[C@H]1CCCN1CC1CCCC1. The summed E-state index contributed by atoms with van der Waals surface area (Å²) in [7, 11) is 0. The van der Waals surface area contributed by atoms with Crippen molar-refractivity contribution < 1.29 is 9.53 Å². The molecule has 0 radical (unpaired) electrons. The standard InChI is InChI=1S/C22H27N3O2/c26-22(20-11-6-14-25(20)16-17-7-1-2-8-17)24-19-10-3-4-12-21(19)27-18-9-5-13-23-15-18/h3-5,9-10,12-13,15,17,20H,1-2,6-8,11,14,16H2,(H,24,26)/t20-/m1/s1. The van der Waals surface area contributed by atoms with E-state index in [9.17, 15) is 4.79 Å². The van der Waals surface area contributed by atoms with E-state index in [1.807, 2.05) is 36.4 Å². The second-order valence-corrected chi connectivity index (χ2v) is 7.58. The first-order valence-electron chi connectivity index (χ1n) is 10.0. The second-order valence-electron chi connectivity index (χ2n) is 7.58. The molecule has 2 heterocycles. The van der Waals surface area contributed by atoms with Crippen LogP contribution in [0, 0.1) is 5.92 Å². The van der Waals surface area contributed by atoms with Crippen molar-refractivity contribution in [3.8, 4) is 11.5 Å². The Balaban J connectivity index is 1.43. The number of pyridine rings is 1. The summed E-state index contributed by atoms with van der Waals surface area (Å²) in [5, 5.41) is 3.10. The van der Waals surface area contributed by atoms with Crippen LogP contribution in [0.2, 0.25) is 0 Å². The van der Waals surface area contributed by atoms with Crippen LogP contribution in [0.15, 0.2) is 48.8 Å². The molecule has 1 aromatic carbocycles. The van der Waals surface area contributed by atoms with Gasteiger partial charge in [-0.05, 0) is 62.4 Å². The van der Waals surface area contributed by atoms with Gasteiger partial charge in [0.1, 0.15) is 5.75 Å². The molecule has 2 aromatic rings. The minimum atomic E-state index is -0.0305. The first kappa shape index (κ1) is 18.0. The summed E-state index contributed by atoms with van der Waals surface area (Å²) in [6, 6.07) is 11.2. The number of amides is 1. The summed E-state index contributed by atoms with van der Waals surface area (Å²) < 4.78 is 5.92. The maximum Gasteiger partial charge on any atom is 0.241 e. The summed E-state index contributed by atoms with van der Waals surface area (Å²) in [6.45, 7) is 2.09. The highest BCUT2D eigenvalue weighted by molar-refractivity contribution is 5.96. The number of hydrogen-bond donors (Lipinski definition) is 1. The summed E-state index contributed by atoms with van der Waals surface area (Å²) in [5.41, 5.74) is 0.707. The summed E-state index contributed by atoms with van der Waals surface area (Å²) in [6.07, 6.45) is 10.7. The van der Waals surface area contributed by atoms with Crippen molar-refractivity contribution in [3.05, 3.63) is 48.8 Å². The van der Waals surface area contributed by atoms with E-state index in [0.29, 0.717) is 17.2 Å². The van der Waals surface area contributed by atoms with Crippen LogP contribution in [0.3, 0.4) is 0 Å². The van der Waals surface area contributed by atoms with E-state index in [0.717, 1.165) is 31.8 Å². The van der Waals surface area contributed by atoms with E-state index in [-0.39, 0.29) is 11.9 Å². The first-order chi connectivity index (χ1) is 13.3. The van der Waals surface area contributed by atoms with Gasteiger partial charge in [-0.1, -0.05) is 25.0 Å². The van der Waals surface area contributed by atoms with E-state index in [4.69, 9.17) is 4.74 Å². The number of likely N-dealkylation sites (tertiary alicyclic amines) is 1. The van der Waals surface area contributed by atoms with Crippen LogP contribution < -0.4 is 10.1 Å². The molecule has 1 saturated carbocycles. The summed E-state index contributed by atoms with van der Waals surface area (Å²) in [4.78, 5) is 19.4. The number of ether oxygens (including phenoxy) is 1. The third-order valence-corrected chi connectivity index (χ3v) is 5.64. The van der Waals surface area contributed by atoms with Crippen LogP contribution in [-0.2, 0) is 4.79 Å². The molecule has 5 nitrogen and oxygen atoms in total. The van der Waals surface area contributed by atoms with Crippen LogP contribution in [-0.4, -0.2) is 34.9 Å². The number of para-hydroxylation sites is 2. The smallest absolute Gasteiger partial charge is 0.241 e. The van der Waals surface area contributed by atoms with Crippen molar-refractivity contribution in [2.45, 2.75) is 44.6 Å². The first-order valence-corrected chi connectivity index (χ1v) is 10.0. The Morgan fingerprint density at radius 3 is 2.78 bits per heavy atom. The third kappa shape index (κ3) is 4.48. The fourth-order valence-electron chi connectivity index (χ4n) is 4.28. The average molecular weight is 365 g/mol. The fraction of sp³-hybridized carbons (Fsp3) is 0.455. The van der Waals surface area contributed by atoms with E-state index in [2.05, 4.69) is 15.2 Å². The Morgan fingerprint density at radius 2 is 1.96 bits per heavy atom. The minimum Gasteiger partial charge on any atom is -0.454 e. The molecule has 1 atom stereocenters. The lowest BCUT2D eigenvalue weighted by molar-refractivity contribution is -0.120. The largest absolute Gasteiger partial charge is 0.454 e. The number of rotatable bonds is 6. The molecule has 0 unspecified atom stereocenters. The zero-order valence-electron chi connectivity index (χ0n) is 15.6. The highest BCUT2D eigenvalue weighted by Crippen LogP contribution is 2.31. The van der Waals surface area contributed by atoms with Gasteiger partial charge < -0.3 is 10.1 Å². The number of anilines is 1. The topological polar surface area (TPSA) is 54.5 Å². The summed E-state index contributed by atoms with van der Waals surface area (Å²) in [5.74, 6) is 2.13. The van der Waals surface area contributed by atoms with Crippen molar-refractivity contribution in [3.63, 3.8) is 0 Å². The van der Waals surface area contributed by atoms with Gasteiger partial charge in [0.15, 0.2) is 5.75 Å². The highest BCUT2D eigenvalue weighted by atomic mass is 16.5. The van der Waals surface area contributed by atoms with Gasteiger partial charge in [0.05, 0.1) is 17.9 Å². The van der Waals surface area contributed by atoms with Crippen molar-refractivity contribution >= 4 is 11.6 Å². The molecule has 27 heavy (non-hydrogen) atoms. The number of nitrogens with zero attached hydrogens (tertiary/aromatic N) is 2. The Morgan fingerprint density at radius 1 is 1.11 bits per heavy atom. The van der Waals surface area contributed by atoms with Gasteiger partial charge in [0.2, 0.25) is 5.91 Å². The van der Waals surface area contributed by atoms with Crippen LogP contribution in [0.25, 0.3) is 0 Å². The number of carbonyl (C=O) groups excluding carboxylic acids is 1. The monoisotopic (exact) mass is 365 g/mol. The van der Waals surface area contributed by atoms with Gasteiger partial charge in [0.25, 0.3) is 0 Å². The average Bonchev–Trinajstić information content (AvgIpc) is 3.37. The molecule has 1 aliphatic heterocycles. The number of aromatic nitrogens is 1. The second kappa shape index (κ2) is 8.53. The fourth-order valence-corrected chi connectivity index (χ4v) is 4.28. The zero-order valence-corrected chi connectivity index (χ0v) is 15.6. The predicted molar refractivity (Wildman–Crippen MR) is 106 cm³/mol. The minimum absolute atomic E-state index is 0.0305. The third-order valence-electron chi connectivity index (χ3n) is 5.64. The van der Waals surface area contributed by atoms with E-state index >= 15 is 0 Å². The zero-order chi connectivity index (χ0) is 18.5. The Kier molecular flexibility index (Phi) is 5.68. The molecule has 0 bridgehead atoms. The van der Waals surface area contributed by atoms with Crippen LogP contribution in [0.5, 0.6) is 11.5 Å². The number of benzene rings is 1. The van der Waals surface area contributed by atoms with Crippen LogP contribution >= 0.6 is 0 Å². The maximum atomic E-state index is 13.0. The molecule has 1 aromatic heterocycles. The van der Waals surface area contributed by atoms with Gasteiger partial charge >= 0.3 is 0 Å². The molecule has 1 saturated heterocycles. The van der Waals surface area contributed by atoms with Crippen LogP contribution in [0.4, 0.5) is 5.69 Å². The molecular formula is C22H27N3O2. The van der Waals surface area contributed by atoms with E-state index < -0.39 is 0 Å². The molecule has 5 heteroatoms.